The lowest BCUT2D eigenvalue weighted by atomic mass is 9.97. The Bertz CT molecular complexity index is 668. The minimum atomic E-state index is -0.841. The fraction of sp³-hybridized carbons (Fsp3) is 0.357. The SMILES string of the molecule is O=C(O)[C@@H]1CCCN(C(=O)c2ccc(-n3cnnn3)cc2)C1. The van der Waals surface area contributed by atoms with E-state index in [2.05, 4.69) is 15.5 Å². The van der Waals surface area contributed by atoms with Crippen LogP contribution in [0, 0.1) is 5.92 Å². The second-order valence-corrected chi connectivity index (χ2v) is 5.23. The number of nitrogens with zero attached hydrogens (tertiary/aromatic N) is 5. The predicted molar refractivity (Wildman–Crippen MR) is 75.4 cm³/mol. The van der Waals surface area contributed by atoms with Gasteiger partial charge in [0.05, 0.1) is 11.6 Å². The summed E-state index contributed by atoms with van der Waals surface area (Å²) in [6, 6.07) is 6.90. The van der Waals surface area contributed by atoms with Gasteiger partial charge in [-0.15, -0.1) is 5.10 Å². The smallest absolute Gasteiger partial charge is 0.308 e. The third-order valence-corrected chi connectivity index (χ3v) is 3.79. The summed E-state index contributed by atoms with van der Waals surface area (Å²) in [5.74, 6) is -1.46. The quantitative estimate of drug-likeness (QED) is 0.890. The van der Waals surface area contributed by atoms with Crippen LogP contribution in [-0.4, -0.2) is 55.2 Å². The molecule has 2 aromatic rings. The van der Waals surface area contributed by atoms with Gasteiger partial charge in [0.15, 0.2) is 0 Å². The van der Waals surface area contributed by atoms with Crippen molar-refractivity contribution in [1.82, 2.24) is 25.1 Å². The van der Waals surface area contributed by atoms with Crippen molar-refractivity contribution >= 4 is 11.9 Å². The maximum atomic E-state index is 12.5. The van der Waals surface area contributed by atoms with E-state index < -0.39 is 11.9 Å². The average Bonchev–Trinajstić information content (AvgIpc) is 3.09. The van der Waals surface area contributed by atoms with Crippen LogP contribution in [0.1, 0.15) is 23.2 Å². The number of rotatable bonds is 3. The second kappa shape index (κ2) is 5.92. The molecule has 22 heavy (non-hydrogen) atoms. The molecule has 1 aliphatic rings. The van der Waals surface area contributed by atoms with Crippen molar-refractivity contribution in [2.75, 3.05) is 13.1 Å². The minimum absolute atomic E-state index is 0.144. The van der Waals surface area contributed by atoms with Crippen LogP contribution in [0.2, 0.25) is 0 Å². The number of carboxylic acids is 1. The first kappa shape index (κ1) is 14.2. The number of carboxylic acid groups (broad SMARTS) is 1. The summed E-state index contributed by atoms with van der Waals surface area (Å²) in [5.41, 5.74) is 1.28. The third kappa shape index (κ3) is 2.80. The molecule has 2 heterocycles. The van der Waals surface area contributed by atoms with Gasteiger partial charge in [-0.2, -0.15) is 0 Å². The van der Waals surface area contributed by atoms with Gasteiger partial charge in [-0.1, -0.05) is 0 Å². The van der Waals surface area contributed by atoms with E-state index in [9.17, 15) is 9.59 Å². The predicted octanol–water partition coefficient (Wildman–Crippen LogP) is 0.599. The third-order valence-electron chi connectivity index (χ3n) is 3.79. The summed E-state index contributed by atoms with van der Waals surface area (Å²) in [4.78, 5) is 25.1. The van der Waals surface area contributed by atoms with E-state index in [-0.39, 0.29) is 12.5 Å². The summed E-state index contributed by atoms with van der Waals surface area (Å²) < 4.78 is 1.50. The van der Waals surface area contributed by atoms with Crippen molar-refractivity contribution in [3.05, 3.63) is 36.2 Å². The monoisotopic (exact) mass is 301 g/mol. The lowest BCUT2D eigenvalue weighted by Gasteiger charge is -2.30. The standard InChI is InChI=1S/C14H15N5O3/c20-13(18-7-1-2-11(8-18)14(21)22)10-3-5-12(6-4-10)19-9-15-16-17-19/h3-6,9,11H,1-2,7-8H2,(H,21,22)/t11-/m1/s1. The number of likely N-dealkylation sites (tertiary alicyclic amines) is 1. The Balaban J connectivity index is 1.73. The molecule has 8 nitrogen and oxygen atoms in total. The zero-order valence-corrected chi connectivity index (χ0v) is 11.8. The maximum Gasteiger partial charge on any atom is 0.308 e. The van der Waals surface area contributed by atoms with Crippen LogP contribution in [0.3, 0.4) is 0 Å². The molecule has 0 radical (unpaired) electrons. The number of tetrazole rings is 1. The Labute approximate surface area is 126 Å². The van der Waals surface area contributed by atoms with Gasteiger partial charge in [0.1, 0.15) is 6.33 Å². The summed E-state index contributed by atoms with van der Waals surface area (Å²) in [7, 11) is 0. The van der Waals surface area contributed by atoms with Crippen molar-refractivity contribution in [1.29, 1.82) is 0 Å². The Hall–Kier alpha value is -2.77. The van der Waals surface area contributed by atoms with Crippen LogP contribution in [-0.2, 0) is 4.79 Å². The minimum Gasteiger partial charge on any atom is -0.481 e. The number of piperidine rings is 1. The lowest BCUT2D eigenvalue weighted by molar-refractivity contribution is -0.143. The molecular formula is C14H15N5O3. The first-order valence-corrected chi connectivity index (χ1v) is 7.00. The van der Waals surface area contributed by atoms with Gasteiger partial charge in [0.2, 0.25) is 0 Å². The molecule has 8 heteroatoms. The van der Waals surface area contributed by atoms with Crippen molar-refractivity contribution in [3.8, 4) is 5.69 Å². The second-order valence-electron chi connectivity index (χ2n) is 5.23. The summed E-state index contributed by atoms with van der Waals surface area (Å²) in [6.07, 6.45) is 2.81. The maximum absolute atomic E-state index is 12.5. The Morgan fingerprint density at radius 1 is 1.23 bits per heavy atom. The van der Waals surface area contributed by atoms with Crippen LogP contribution in [0.5, 0.6) is 0 Å². The molecule has 0 aliphatic carbocycles. The number of aliphatic carboxylic acids is 1. The first-order chi connectivity index (χ1) is 10.6. The number of hydrogen-bond acceptors (Lipinski definition) is 5. The van der Waals surface area contributed by atoms with E-state index in [0.29, 0.717) is 24.9 Å². The molecule has 1 atom stereocenters. The molecule has 1 aromatic heterocycles. The Kier molecular flexibility index (Phi) is 3.82. The molecule has 1 aromatic carbocycles. The number of amides is 1. The zero-order valence-electron chi connectivity index (χ0n) is 11.8. The molecule has 1 aliphatic heterocycles. The first-order valence-electron chi connectivity index (χ1n) is 7.00. The van der Waals surface area contributed by atoms with Crippen molar-refractivity contribution in [2.45, 2.75) is 12.8 Å². The largest absolute Gasteiger partial charge is 0.481 e. The highest BCUT2D eigenvalue weighted by Crippen LogP contribution is 2.19. The van der Waals surface area contributed by atoms with Crippen LogP contribution < -0.4 is 0 Å². The molecule has 114 valence electrons. The molecule has 3 rings (SSSR count). The molecule has 0 spiro atoms. The van der Waals surface area contributed by atoms with Crippen molar-refractivity contribution in [2.24, 2.45) is 5.92 Å². The molecule has 1 N–H and O–H groups in total. The van der Waals surface area contributed by atoms with E-state index >= 15 is 0 Å². The molecule has 1 saturated heterocycles. The normalized spacial score (nSPS) is 18.2. The highest BCUT2D eigenvalue weighted by molar-refractivity contribution is 5.94. The van der Waals surface area contributed by atoms with Gasteiger partial charge >= 0.3 is 5.97 Å². The van der Waals surface area contributed by atoms with Gasteiger partial charge in [-0.25, -0.2) is 4.68 Å². The topological polar surface area (TPSA) is 101 Å². The summed E-state index contributed by atoms with van der Waals surface area (Å²) >= 11 is 0. The highest BCUT2D eigenvalue weighted by Gasteiger charge is 2.28. The fourth-order valence-corrected chi connectivity index (χ4v) is 2.58. The lowest BCUT2D eigenvalue weighted by Crippen LogP contribution is -2.42. The van der Waals surface area contributed by atoms with Gasteiger partial charge in [-0.3, -0.25) is 9.59 Å². The van der Waals surface area contributed by atoms with E-state index in [4.69, 9.17) is 5.11 Å². The van der Waals surface area contributed by atoms with Crippen LogP contribution in [0.4, 0.5) is 0 Å². The van der Waals surface area contributed by atoms with Crippen molar-refractivity contribution in [3.63, 3.8) is 0 Å². The Morgan fingerprint density at radius 3 is 2.64 bits per heavy atom. The summed E-state index contributed by atoms with van der Waals surface area (Å²) in [6.45, 7) is 0.861. The zero-order chi connectivity index (χ0) is 15.5. The van der Waals surface area contributed by atoms with E-state index in [1.54, 1.807) is 29.2 Å². The van der Waals surface area contributed by atoms with Crippen LogP contribution in [0.15, 0.2) is 30.6 Å². The van der Waals surface area contributed by atoms with Gasteiger partial charge in [0.25, 0.3) is 5.91 Å². The Morgan fingerprint density at radius 2 is 2.00 bits per heavy atom. The number of carbonyl (C=O) groups excluding carboxylic acids is 1. The molecular weight excluding hydrogens is 286 g/mol. The molecule has 0 bridgehead atoms. The number of benzene rings is 1. The molecule has 0 saturated carbocycles. The highest BCUT2D eigenvalue weighted by atomic mass is 16.4. The number of hydrogen-bond donors (Lipinski definition) is 1. The molecule has 1 fully saturated rings. The number of aromatic nitrogens is 4. The summed E-state index contributed by atoms with van der Waals surface area (Å²) in [5, 5.41) is 20.0. The van der Waals surface area contributed by atoms with Crippen LogP contribution in [0.25, 0.3) is 5.69 Å². The van der Waals surface area contributed by atoms with Gasteiger partial charge in [0, 0.05) is 18.7 Å². The van der Waals surface area contributed by atoms with E-state index in [1.165, 1.54) is 11.0 Å². The average molecular weight is 301 g/mol. The number of carbonyl (C=O) groups is 2. The molecule has 1 amide bonds. The fourth-order valence-electron chi connectivity index (χ4n) is 2.58. The van der Waals surface area contributed by atoms with Crippen molar-refractivity contribution < 1.29 is 14.7 Å². The van der Waals surface area contributed by atoms with E-state index in [1.807, 2.05) is 0 Å². The van der Waals surface area contributed by atoms with Gasteiger partial charge < -0.3 is 10.0 Å². The van der Waals surface area contributed by atoms with Gasteiger partial charge in [-0.05, 0) is 47.5 Å². The van der Waals surface area contributed by atoms with E-state index in [0.717, 1.165) is 5.69 Å². The molecule has 0 unspecified atom stereocenters. The van der Waals surface area contributed by atoms with Crippen LogP contribution >= 0.6 is 0 Å².